The minimum atomic E-state index is -2.49. The lowest BCUT2D eigenvalue weighted by molar-refractivity contribution is -0.585. The van der Waals surface area contributed by atoms with Crippen LogP contribution in [-0.4, -0.2) is 72.8 Å². The van der Waals surface area contributed by atoms with Gasteiger partial charge in [0.25, 0.3) is 0 Å². The fourth-order valence-electron chi connectivity index (χ4n) is 0.839. The second-order valence-corrected chi connectivity index (χ2v) is 2.92. The molecule has 5 atom stereocenters. The highest BCUT2D eigenvalue weighted by Crippen LogP contribution is 2.08. The van der Waals surface area contributed by atoms with E-state index in [0.29, 0.717) is 0 Å². The zero-order valence-electron chi connectivity index (χ0n) is 7.54. The van der Waals surface area contributed by atoms with Crippen molar-refractivity contribution in [2.24, 2.45) is 0 Å². The van der Waals surface area contributed by atoms with E-state index in [2.05, 4.69) is 0 Å². The van der Waals surface area contributed by atoms with Crippen molar-refractivity contribution in [2.75, 3.05) is 6.61 Å². The summed E-state index contributed by atoms with van der Waals surface area (Å²) in [4.78, 5) is 8.73. The van der Waals surface area contributed by atoms with Crippen molar-refractivity contribution in [3.05, 3.63) is 10.1 Å². The molecule has 0 saturated heterocycles. The summed E-state index contributed by atoms with van der Waals surface area (Å²) in [5, 5.41) is 63.0. The van der Waals surface area contributed by atoms with E-state index in [9.17, 15) is 10.1 Å². The Kier molecular flexibility index (Phi) is 5.57. The summed E-state index contributed by atoms with van der Waals surface area (Å²) in [5.41, 5.74) is 0. The molecule has 5 unspecified atom stereocenters. The minimum Gasteiger partial charge on any atom is -0.394 e. The Labute approximate surface area is 84.0 Å². The van der Waals surface area contributed by atoms with Crippen molar-refractivity contribution in [2.45, 2.75) is 30.6 Å². The standard InChI is InChI=1S/C6H13NO8/c8-1-2(9)3(10)4(11)5(12)6(13)7(14)15/h2-6,8-13H,1H2. The molecular formula is C6H13NO8. The Bertz CT molecular complexity index is 211. The van der Waals surface area contributed by atoms with Crippen LogP contribution in [0.2, 0.25) is 0 Å². The molecule has 0 rings (SSSR count). The molecule has 9 nitrogen and oxygen atoms in total. The predicted octanol–water partition coefficient (Wildman–Crippen LogP) is -3.98. The van der Waals surface area contributed by atoms with Crippen LogP contribution in [0.25, 0.3) is 0 Å². The van der Waals surface area contributed by atoms with Gasteiger partial charge in [-0.25, -0.2) is 0 Å². The van der Waals surface area contributed by atoms with Gasteiger partial charge in [0, 0.05) is 0 Å². The Morgan fingerprint density at radius 2 is 1.47 bits per heavy atom. The van der Waals surface area contributed by atoms with E-state index in [0.717, 1.165) is 0 Å². The lowest BCUT2D eigenvalue weighted by Gasteiger charge is -2.25. The van der Waals surface area contributed by atoms with Crippen LogP contribution in [0.4, 0.5) is 0 Å². The average Bonchev–Trinajstić information content (AvgIpc) is 2.23. The second kappa shape index (κ2) is 5.90. The Morgan fingerprint density at radius 3 is 1.80 bits per heavy atom. The van der Waals surface area contributed by atoms with Crippen LogP contribution < -0.4 is 0 Å². The number of aliphatic hydroxyl groups is 6. The molecule has 0 aliphatic carbocycles. The summed E-state index contributed by atoms with van der Waals surface area (Å²) in [6.07, 6.45) is -10.7. The molecule has 0 spiro atoms. The van der Waals surface area contributed by atoms with Gasteiger partial charge in [-0.3, -0.25) is 10.1 Å². The van der Waals surface area contributed by atoms with Crippen molar-refractivity contribution < 1.29 is 35.6 Å². The number of hydrogen-bond acceptors (Lipinski definition) is 8. The highest BCUT2D eigenvalue weighted by atomic mass is 16.7. The molecule has 0 amide bonds. The Hall–Kier alpha value is -0.840. The number of nitrogens with zero attached hydrogens (tertiary/aromatic N) is 1. The SMILES string of the molecule is O=[N+]([O-])C(O)C(O)C(O)C(O)C(O)CO. The first-order valence-electron chi connectivity index (χ1n) is 3.97. The molecule has 90 valence electrons. The van der Waals surface area contributed by atoms with Crippen LogP contribution in [0.5, 0.6) is 0 Å². The lowest BCUT2D eigenvalue weighted by atomic mass is 10.0. The zero-order valence-corrected chi connectivity index (χ0v) is 7.54. The van der Waals surface area contributed by atoms with Gasteiger partial charge >= 0.3 is 6.23 Å². The van der Waals surface area contributed by atoms with Crippen LogP contribution in [-0.2, 0) is 0 Å². The molecule has 0 aromatic rings. The van der Waals surface area contributed by atoms with E-state index in [1.165, 1.54) is 0 Å². The molecule has 0 aromatic carbocycles. The third-order valence-electron chi connectivity index (χ3n) is 1.80. The normalized spacial score (nSPS) is 21.5. The number of aliphatic hydroxyl groups excluding tert-OH is 6. The summed E-state index contributed by atoms with van der Waals surface area (Å²) in [6.45, 7) is -0.903. The van der Waals surface area contributed by atoms with Gasteiger partial charge < -0.3 is 30.6 Å². The molecule has 0 aliphatic heterocycles. The van der Waals surface area contributed by atoms with Crippen LogP contribution in [0.3, 0.4) is 0 Å². The topological polar surface area (TPSA) is 165 Å². The van der Waals surface area contributed by atoms with Crippen molar-refractivity contribution in [1.82, 2.24) is 0 Å². The minimum absolute atomic E-state index is 0.903. The summed E-state index contributed by atoms with van der Waals surface area (Å²) >= 11 is 0. The van der Waals surface area contributed by atoms with Crippen LogP contribution in [0, 0.1) is 10.1 Å². The van der Waals surface area contributed by atoms with Gasteiger partial charge in [0.2, 0.25) is 0 Å². The first-order valence-corrected chi connectivity index (χ1v) is 3.97. The van der Waals surface area contributed by atoms with Crippen LogP contribution in [0.1, 0.15) is 0 Å². The van der Waals surface area contributed by atoms with Crippen LogP contribution in [0.15, 0.2) is 0 Å². The molecule has 0 saturated carbocycles. The fourth-order valence-corrected chi connectivity index (χ4v) is 0.839. The largest absolute Gasteiger partial charge is 0.394 e. The van der Waals surface area contributed by atoms with Gasteiger partial charge in [-0.1, -0.05) is 0 Å². The fraction of sp³-hybridized carbons (Fsp3) is 1.00. The molecule has 0 bridgehead atoms. The highest BCUT2D eigenvalue weighted by molar-refractivity contribution is 4.81. The summed E-state index contributed by atoms with van der Waals surface area (Å²) in [5.74, 6) is 0. The van der Waals surface area contributed by atoms with Gasteiger partial charge in [0.15, 0.2) is 6.10 Å². The monoisotopic (exact) mass is 227 g/mol. The van der Waals surface area contributed by atoms with E-state index < -0.39 is 42.2 Å². The molecule has 0 fully saturated rings. The molecule has 0 aromatic heterocycles. The quantitative estimate of drug-likeness (QED) is 0.152. The highest BCUT2D eigenvalue weighted by Gasteiger charge is 2.39. The molecule has 9 heteroatoms. The molecule has 0 aliphatic rings. The van der Waals surface area contributed by atoms with Crippen molar-refractivity contribution >= 4 is 0 Å². The summed E-state index contributed by atoms with van der Waals surface area (Å²) in [7, 11) is 0. The number of nitro groups is 1. The molecule has 15 heavy (non-hydrogen) atoms. The average molecular weight is 227 g/mol. The van der Waals surface area contributed by atoms with E-state index in [1.807, 2.05) is 0 Å². The third-order valence-corrected chi connectivity index (χ3v) is 1.80. The maximum atomic E-state index is 10.00. The predicted molar refractivity (Wildman–Crippen MR) is 44.1 cm³/mol. The van der Waals surface area contributed by atoms with Gasteiger partial charge in [-0.15, -0.1) is 0 Å². The van der Waals surface area contributed by atoms with Gasteiger partial charge in [0.1, 0.15) is 18.3 Å². The van der Waals surface area contributed by atoms with Gasteiger partial charge in [-0.05, 0) is 0 Å². The van der Waals surface area contributed by atoms with E-state index >= 15 is 0 Å². The van der Waals surface area contributed by atoms with E-state index in [4.69, 9.17) is 30.6 Å². The van der Waals surface area contributed by atoms with Crippen molar-refractivity contribution in [1.29, 1.82) is 0 Å². The summed E-state index contributed by atoms with van der Waals surface area (Å²) in [6, 6.07) is 0. The molecule has 6 N–H and O–H groups in total. The summed E-state index contributed by atoms with van der Waals surface area (Å²) < 4.78 is 0. The molecular weight excluding hydrogens is 214 g/mol. The first-order chi connectivity index (χ1) is 6.82. The molecule has 0 radical (unpaired) electrons. The Balaban J connectivity index is 4.42. The molecule has 0 heterocycles. The maximum Gasteiger partial charge on any atom is 0.341 e. The van der Waals surface area contributed by atoms with Crippen LogP contribution >= 0.6 is 0 Å². The van der Waals surface area contributed by atoms with Crippen molar-refractivity contribution in [3.63, 3.8) is 0 Å². The smallest absolute Gasteiger partial charge is 0.341 e. The third kappa shape index (κ3) is 3.66. The number of rotatable bonds is 6. The Morgan fingerprint density at radius 1 is 1.00 bits per heavy atom. The number of hydrogen-bond donors (Lipinski definition) is 6. The van der Waals surface area contributed by atoms with E-state index in [-0.39, 0.29) is 0 Å². The maximum absolute atomic E-state index is 10.00. The second-order valence-electron chi connectivity index (χ2n) is 2.92. The van der Waals surface area contributed by atoms with Crippen molar-refractivity contribution in [3.8, 4) is 0 Å². The van der Waals surface area contributed by atoms with Gasteiger partial charge in [-0.2, -0.15) is 0 Å². The zero-order chi connectivity index (χ0) is 12.2. The lowest BCUT2D eigenvalue weighted by Crippen LogP contribution is -2.51. The van der Waals surface area contributed by atoms with E-state index in [1.54, 1.807) is 0 Å². The van der Waals surface area contributed by atoms with Gasteiger partial charge in [0.05, 0.1) is 11.5 Å². The first kappa shape index (κ1) is 14.2.